The van der Waals surface area contributed by atoms with Crippen LogP contribution >= 0.6 is 15.9 Å². The lowest BCUT2D eigenvalue weighted by Crippen LogP contribution is -2.32. The fourth-order valence-electron chi connectivity index (χ4n) is 2.90. The summed E-state index contributed by atoms with van der Waals surface area (Å²) in [6.07, 6.45) is 8.50. The Labute approximate surface area is 127 Å². The van der Waals surface area contributed by atoms with Gasteiger partial charge in [-0.25, -0.2) is 4.79 Å². The maximum Gasteiger partial charge on any atom is 0.235 e. The average Bonchev–Trinajstić information content (AvgIpc) is 2.33. The number of rotatable bonds is 5. The van der Waals surface area contributed by atoms with E-state index in [1.165, 1.54) is 19.3 Å². The van der Waals surface area contributed by atoms with Gasteiger partial charge in [-0.15, -0.1) is 0 Å². The normalized spacial score (nSPS) is 20.4. The second kappa shape index (κ2) is 5.71. The zero-order valence-electron chi connectivity index (χ0n) is 11.4. The molecular weight excluding hydrogens is 318 g/mol. The lowest BCUT2D eigenvalue weighted by atomic mass is 9.72. The van der Waals surface area contributed by atoms with E-state index in [0.29, 0.717) is 5.92 Å². The van der Waals surface area contributed by atoms with Gasteiger partial charge in [0.2, 0.25) is 6.08 Å². The van der Waals surface area contributed by atoms with Gasteiger partial charge in [-0.2, -0.15) is 4.99 Å². The van der Waals surface area contributed by atoms with Crippen molar-refractivity contribution in [1.29, 1.82) is 0 Å². The predicted octanol–water partition coefficient (Wildman–Crippen LogP) is 4.34. The van der Waals surface area contributed by atoms with Crippen LogP contribution in [0.2, 0.25) is 0 Å². The summed E-state index contributed by atoms with van der Waals surface area (Å²) in [6, 6.07) is 6.01. The first-order valence-electron chi connectivity index (χ1n) is 7.25. The minimum absolute atomic E-state index is 0.402. The zero-order valence-corrected chi connectivity index (χ0v) is 13.0. The number of isocyanates is 1. The first kappa shape index (κ1) is 13.8. The Morgan fingerprint density at radius 1 is 1.35 bits per heavy atom. The second-order valence-corrected chi connectivity index (χ2v) is 6.75. The van der Waals surface area contributed by atoms with Crippen LogP contribution in [-0.4, -0.2) is 12.7 Å². The highest BCUT2D eigenvalue weighted by molar-refractivity contribution is 9.10. The third-order valence-electron chi connectivity index (χ3n) is 4.58. The Morgan fingerprint density at radius 3 is 2.70 bits per heavy atom. The van der Waals surface area contributed by atoms with Gasteiger partial charge in [-0.3, -0.25) is 0 Å². The topological polar surface area (TPSA) is 38.7 Å². The van der Waals surface area contributed by atoms with Crippen LogP contribution in [0.3, 0.4) is 0 Å². The first-order chi connectivity index (χ1) is 9.73. The molecule has 3 rings (SSSR count). The molecule has 0 radical (unpaired) electrons. The standard InChI is InChI=1S/C16H18BrNO2/c17-13-5-6-15(20-10-12-3-1-4-12)14(9-13)16(18-11-19)7-2-8-16/h5-6,9,12H,1-4,7-8,10H2. The van der Waals surface area contributed by atoms with Gasteiger partial charge >= 0.3 is 0 Å². The fraction of sp³-hybridized carbons (Fsp3) is 0.562. The molecule has 0 saturated heterocycles. The summed E-state index contributed by atoms with van der Waals surface area (Å²) in [6.45, 7) is 0.773. The SMILES string of the molecule is O=C=NC1(c2cc(Br)ccc2OCC2CCC2)CCC1. The average molecular weight is 336 g/mol. The van der Waals surface area contributed by atoms with Gasteiger partial charge in [0.1, 0.15) is 11.3 Å². The smallest absolute Gasteiger partial charge is 0.235 e. The zero-order chi connectivity index (χ0) is 14.0. The maximum atomic E-state index is 10.8. The molecule has 1 aromatic carbocycles. The molecule has 20 heavy (non-hydrogen) atoms. The molecule has 2 fully saturated rings. The van der Waals surface area contributed by atoms with Crippen LogP contribution in [0.15, 0.2) is 27.7 Å². The highest BCUT2D eigenvalue weighted by atomic mass is 79.9. The van der Waals surface area contributed by atoms with Crippen LogP contribution in [0.4, 0.5) is 0 Å². The fourth-order valence-corrected chi connectivity index (χ4v) is 3.26. The number of hydrogen-bond donors (Lipinski definition) is 0. The van der Waals surface area contributed by atoms with Crippen LogP contribution in [0, 0.1) is 5.92 Å². The minimum atomic E-state index is -0.402. The van der Waals surface area contributed by atoms with Crippen LogP contribution in [-0.2, 0) is 10.3 Å². The molecule has 3 nitrogen and oxygen atoms in total. The number of nitrogens with zero attached hydrogens (tertiary/aromatic N) is 1. The molecule has 0 atom stereocenters. The molecule has 2 aliphatic rings. The molecule has 0 aliphatic heterocycles. The molecule has 0 spiro atoms. The van der Waals surface area contributed by atoms with Crippen molar-refractivity contribution >= 4 is 22.0 Å². The molecule has 0 N–H and O–H groups in total. The lowest BCUT2D eigenvalue weighted by Gasteiger charge is -2.38. The van der Waals surface area contributed by atoms with Crippen molar-refractivity contribution in [2.75, 3.05) is 6.61 Å². The number of carbonyl (C=O) groups excluding carboxylic acids is 1. The summed E-state index contributed by atoms with van der Waals surface area (Å²) >= 11 is 3.50. The van der Waals surface area contributed by atoms with E-state index in [2.05, 4.69) is 20.9 Å². The first-order valence-corrected chi connectivity index (χ1v) is 8.05. The Morgan fingerprint density at radius 2 is 2.15 bits per heavy atom. The van der Waals surface area contributed by atoms with Crippen LogP contribution < -0.4 is 4.74 Å². The van der Waals surface area contributed by atoms with Crippen LogP contribution in [0.25, 0.3) is 0 Å². The summed E-state index contributed by atoms with van der Waals surface area (Å²) in [5, 5.41) is 0. The number of halogens is 1. The molecule has 0 unspecified atom stereocenters. The Hall–Kier alpha value is -1.12. The van der Waals surface area contributed by atoms with E-state index < -0.39 is 5.54 Å². The van der Waals surface area contributed by atoms with E-state index in [4.69, 9.17) is 4.74 Å². The van der Waals surface area contributed by atoms with E-state index in [1.807, 2.05) is 18.2 Å². The third-order valence-corrected chi connectivity index (χ3v) is 5.08. The van der Waals surface area contributed by atoms with Crippen LogP contribution in [0.1, 0.15) is 44.1 Å². The number of hydrogen-bond acceptors (Lipinski definition) is 3. The minimum Gasteiger partial charge on any atom is -0.493 e. The van der Waals surface area contributed by atoms with Gasteiger partial charge in [-0.05, 0) is 56.2 Å². The van der Waals surface area contributed by atoms with Crippen LogP contribution in [0.5, 0.6) is 5.75 Å². The Bertz CT molecular complexity index is 543. The van der Waals surface area contributed by atoms with Crippen molar-refractivity contribution in [3.63, 3.8) is 0 Å². The van der Waals surface area contributed by atoms with Crippen molar-refractivity contribution in [1.82, 2.24) is 0 Å². The molecule has 1 aromatic rings. The van der Waals surface area contributed by atoms with Crippen molar-refractivity contribution in [2.24, 2.45) is 10.9 Å². The second-order valence-electron chi connectivity index (χ2n) is 5.84. The molecule has 2 aliphatic carbocycles. The molecular formula is C16H18BrNO2. The Balaban J connectivity index is 1.86. The van der Waals surface area contributed by atoms with Gasteiger partial charge in [-0.1, -0.05) is 22.4 Å². The number of benzene rings is 1. The largest absolute Gasteiger partial charge is 0.493 e. The number of ether oxygens (including phenoxy) is 1. The van der Waals surface area contributed by atoms with Crippen molar-refractivity contribution in [3.05, 3.63) is 28.2 Å². The summed E-state index contributed by atoms with van der Waals surface area (Å²) in [7, 11) is 0. The van der Waals surface area contributed by atoms with Gasteiger partial charge in [0.25, 0.3) is 0 Å². The Kier molecular flexibility index (Phi) is 3.95. The summed E-state index contributed by atoms with van der Waals surface area (Å²) in [4.78, 5) is 14.8. The predicted molar refractivity (Wildman–Crippen MR) is 80.6 cm³/mol. The summed E-state index contributed by atoms with van der Waals surface area (Å²) in [5.41, 5.74) is 0.626. The molecule has 0 bridgehead atoms. The molecule has 106 valence electrons. The molecule has 0 amide bonds. The quantitative estimate of drug-likeness (QED) is 0.592. The summed E-state index contributed by atoms with van der Waals surface area (Å²) in [5.74, 6) is 1.57. The maximum absolute atomic E-state index is 10.8. The molecule has 0 aromatic heterocycles. The third kappa shape index (κ3) is 2.55. The monoisotopic (exact) mass is 335 g/mol. The highest BCUT2D eigenvalue weighted by Crippen LogP contribution is 2.48. The highest BCUT2D eigenvalue weighted by Gasteiger charge is 2.41. The number of aliphatic imine (C=N–C) groups is 1. The van der Waals surface area contributed by atoms with E-state index in [9.17, 15) is 4.79 Å². The van der Waals surface area contributed by atoms with Gasteiger partial charge < -0.3 is 4.74 Å². The van der Waals surface area contributed by atoms with E-state index >= 15 is 0 Å². The van der Waals surface area contributed by atoms with E-state index in [0.717, 1.165) is 41.7 Å². The van der Waals surface area contributed by atoms with Gasteiger partial charge in [0.15, 0.2) is 0 Å². The van der Waals surface area contributed by atoms with Gasteiger partial charge in [0.05, 0.1) is 6.61 Å². The molecule has 0 heterocycles. The molecule has 4 heteroatoms. The van der Waals surface area contributed by atoms with Gasteiger partial charge in [0, 0.05) is 10.0 Å². The summed E-state index contributed by atoms with van der Waals surface area (Å²) < 4.78 is 7.01. The van der Waals surface area contributed by atoms with Crippen molar-refractivity contribution < 1.29 is 9.53 Å². The molecule has 2 saturated carbocycles. The van der Waals surface area contributed by atoms with Crippen molar-refractivity contribution in [2.45, 2.75) is 44.1 Å². The van der Waals surface area contributed by atoms with Crippen molar-refractivity contribution in [3.8, 4) is 5.75 Å². The van der Waals surface area contributed by atoms with E-state index in [-0.39, 0.29) is 0 Å². The van der Waals surface area contributed by atoms with E-state index in [1.54, 1.807) is 6.08 Å². The lowest BCUT2D eigenvalue weighted by molar-refractivity contribution is 0.171.